The van der Waals surface area contributed by atoms with E-state index in [1.165, 1.54) is 18.0 Å². The number of methoxy groups -OCH3 is 1. The lowest BCUT2D eigenvalue weighted by atomic mass is 10.1. The van der Waals surface area contributed by atoms with Crippen molar-refractivity contribution in [1.82, 2.24) is 19.5 Å². The number of aliphatic carboxylic acids is 1. The highest BCUT2D eigenvalue weighted by atomic mass is 31.2. The molecular formula is C13H16N5O9P. The molecule has 2 aromatic rings. The van der Waals surface area contributed by atoms with E-state index in [1.54, 1.807) is 0 Å². The normalized spacial score (nSPS) is 32.4. The molecule has 0 aromatic carbocycles. The summed E-state index contributed by atoms with van der Waals surface area (Å²) in [6.45, 7) is -1.41. The summed E-state index contributed by atoms with van der Waals surface area (Å²) < 4.78 is 39.5. The van der Waals surface area contributed by atoms with Crippen LogP contribution in [0.2, 0.25) is 0 Å². The first-order valence-corrected chi connectivity index (χ1v) is 9.40. The van der Waals surface area contributed by atoms with Crippen LogP contribution in [0.5, 0.6) is 5.88 Å². The average molecular weight is 417 g/mol. The smallest absolute Gasteiger partial charge is 0.475 e. The third kappa shape index (κ3) is 2.99. The van der Waals surface area contributed by atoms with Crippen molar-refractivity contribution in [2.75, 3.05) is 32.7 Å². The molecule has 0 aliphatic carbocycles. The number of hydrogen-bond donors (Lipinski definition) is 3. The van der Waals surface area contributed by atoms with Crippen LogP contribution in [0.25, 0.3) is 11.2 Å². The van der Waals surface area contributed by atoms with Crippen molar-refractivity contribution in [1.29, 1.82) is 0 Å². The number of fused-ring (bicyclic) bond motifs is 2. The van der Waals surface area contributed by atoms with Gasteiger partial charge < -0.3 is 25.4 Å². The van der Waals surface area contributed by atoms with Crippen LogP contribution in [-0.4, -0.2) is 74.8 Å². The molecule has 0 radical (unpaired) electrons. The minimum atomic E-state index is -4.24. The zero-order valence-corrected chi connectivity index (χ0v) is 15.3. The number of phosphoric ester groups is 1. The molecule has 0 amide bonds. The Morgan fingerprint density at radius 3 is 3.04 bits per heavy atom. The molecule has 2 saturated heterocycles. The molecule has 15 heteroatoms. The second-order valence-electron chi connectivity index (χ2n) is 6.04. The fraction of sp³-hybridized carbons (Fsp3) is 0.538. The number of nitrogens with zero attached hydrogens (tertiary/aromatic N) is 4. The highest BCUT2D eigenvalue weighted by molar-refractivity contribution is 7.48. The van der Waals surface area contributed by atoms with E-state index in [2.05, 4.69) is 15.0 Å². The monoisotopic (exact) mass is 417 g/mol. The number of anilines is 1. The molecule has 0 saturated carbocycles. The molecule has 28 heavy (non-hydrogen) atoms. The lowest BCUT2D eigenvalue weighted by Gasteiger charge is -2.36. The zero-order chi connectivity index (χ0) is 20.1. The molecule has 4 N–H and O–H groups in total. The van der Waals surface area contributed by atoms with Crippen molar-refractivity contribution < 1.29 is 42.6 Å². The van der Waals surface area contributed by atoms with Crippen molar-refractivity contribution in [2.24, 2.45) is 0 Å². The number of ether oxygens (including phenoxy) is 2. The lowest BCUT2D eigenvalue weighted by molar-refractivity contribution is -0.143. The summed E-state index contributed by atoms with van der Waals surface area (Å²) in [7, 11) is -2.86. The van der Waals surface area contributed by atoms with Crippen LogP contribution in [0.3, 0.4) is 0 Å². The minimum absolute atomic E-state index is 0.101. The van der Waals surface area contributed by atoms with Crippen LogP contribution in [0.4, 0.5) is 5.95 Å². The summed E-state index contributed by atoms with van der Waals surface area (Å²) >= 11 is 0. The number of carboxylic acids is 1. The molecule has 2 fully saturated rings. The molecule has 4 heterocycles. The first-order valence-electron chi connectivity index (χ1n) is 7.94. The van der Waals surface area contributed by atoms with Gasteiger partial charge in [-0.05, 0) is 0 Å². The maximum absolute atomic E-state index is 12.6. The molecule has 152 valence electrons. The molecule has 14 nitrogen and oxygen atoms in total. The fourth-order valence-corrected chi connectivity index (χ4v) is 4.42. The van der Waals surface area contributed by atoms with Gasteiger partial charge in [-0.25, -0.2) is 14.3 Å². The number of imidazole rings is 1. The predicted octanol–water partition coefficient (Wildman–Crippen LogP) is -0.914. The van der Waals surface area contributed by atoms with E-state index in [0.29, 0.717) is 0 Å². The highest BCUT2D eigenvalue weighted by Crippen LogP contribution is 2.57. The van der Waals surface area contributed by atoms with Crippen LogP contribution >= 0.6 is 7.82 Å². The number of hydrogen-bond acceptors (Lipinski definition) is 12. The minimum Gasteiger partial charge on any atom is -0.480 e. The van der Waals surface area contributed by atoms with E-state index < -0.39 is 38.3 Å². The number of aromatic nitrogens is 4. The summed E-state index contributed by atoms with van der Waals surface area (Å²) in [6, 6.07) is 0. The largest absolute Gasteiger partial charge is 0.480 e. The van der Waals surface area contributed by atoms with E-state index in [1.807, 2.05) is 0 Å². The lowest BCUT2D eigenvalue weighted by Crippen LogP contribution is -2.50. The number of aliphatic hydroxyl groups is 1. The quantitative estimate of drug-likeness (QED) is 0.507. The molecule has 0 bridgehead atoms. The summed E-state index contributed by atoms with van der Waals surface area (Å²) in [6.07, 6.45) is -0.756. The van der Waals surface area contributed by atoms with Gasteiger partial charge in [0, 0.05) is 0 Å². The van der Waals surface area contributed by atoms with Crippen molar-refractivity contribution >= 4 is 30.9 Å². The number of nitrogens with two attached hydrogens (primary N) is 1. The van der Waals surface area contributed by atoms with E-state index in [9.17, 15) is 14.5 Å². The fourth-order valence-electron chi connectivity index (χ4n) is 3.04. The first-order chi connectivity index (χ1) is 13.3. The van der Waals surface area contributed by atoms with E-state index >= 15 is 0 Å². The van der Waals surface area contributed by atoms with Crippen molar-refractivity contribution in [3.63, 3.8) is 0 Å². The Morgan fingerprint density at radius 2 is 2.32 bits per heavy atom. The maximum Gasteiger partial charge on any atom is 0.475 e. The summed E-state index contributed by atoms with van der Waals surface area (Å²) in [4.78, 5) is 22.8. The van der Waals surface area contributed by atoms with Gasteiger partial charge in [-0.2, -0.15) is 9.97 Å². The van der Waals surface area contributed by atoms with Gasteiger partial charge in [0.25, 0.3) is 0 Å². The van der Waals surface area contributed by atoms with Crippen LogP contribution in [0.15, 0.2) is 6.33 Å². The van der Waals surface area contributed by atoms with Crippen LogP contribution in [0.1, 0.15) is 0 Å². The first kappa shape index (κ1) is 19.0. The van der Waals surface area contributed by atoms with Gasteiger partial charge in [0.1, 0.15) is 12.2 Å². The van der Waals surface area contributed by atoms with Gasteiger partial charge in [0.15, 0.2) is 23.5 Å². The summed E-state index contributed by atoms with van der Waals surface area (Å²) in [5.74, 6) is -1.38. The molecule has 2 aromatic heterocycles. The van der Waals surface area contributed by atoms with Crippen molar-refractivity contribution in [3.8, 4) is 5.88 Å². The summed E-state index contributed by atoms with van der Waals surface area (Å²) in [5.41, 5.74) is 4.14. The van der Waals surface area contributed by atoms with Gasteiger partial charge >= 0.3 is 13.8 Å². The van der Waals surface area contributed by atoms with E-state index in [4.69, 9.17) is 33.9 Å². The second-order valence-corrected chi connectivity index (χ2v) is 7.66. The van der Waals surface area contributed by atoms with Gasteiger partial charge in [-0.3, -0.25) is 18.1 Å². The Balaban J connectivity index is 1.72. The van der Waals surface area contributed by atoms with Crippen LogP contribution < -0.4 is 10.5 Å². The third-order valence-corrected chi connectivity index (χ3v) is 5.68. The Kier molecular flexibility index (Phi) is 4.49. The van der Waals surface area contributed by atoms with Gasteiger partial charge in [-0.15, -0.1) is 0 Å². The van der Waals surface area contributed by atoms with E-state index in [-0.39, 0.29) is 36.2 Å². The van der Waals surface area contributed by atoms with Gasteiger partial charge in [0.2, 0.25) is 11.8 Å². The van der Waals surface area contributed by atoms with Crippen molar-refractivity contribution in [2.45, 2.75) is 17.9 Å². The Morgan fingerprint density at radius 1 is 1.54 bits per heavy atom. The average Bonchev–Trinajstić information content (AvgIpc) is 3.22. The third-order valence-electron chi connectivity index (χ3n) is 4.28. The SMILES string of the molecule is COc1nc(N)nc2c1ncn2C1(O)CO[C@@H]2COP(=O)(OCC(=O)O)OC21. The van der Waals surface area contributed by atoms with Crippen molar-refractivity contribution in [3.05, 3.63) is 6.33 Å². The number of carboxylic acid groups (broad SMARTS) is 1. The molecule has 3 unspecified atom stereocenters. The molecule has 0 spiro atoms. The molecular weight excluding hydrogens is 401 g/mol. The Hall–Kier alpha value is -2.35. The van der Waals surface area contributed by atoms with Crippen LogP contribution in [-0.2, 0) is 33.4 Å². The number of rotatable bonds is 5. The zero-order valence-electron chi connectivity index (χ0n) is 14.4. The Labute approximate surface area is 156 Å². The standard InChI is InChI=1S/C13H16N5O9P/c1-23-11-8-10(16-12(14)17-11)18(5-15-8)13(21)4-24-6-2-25-28(22,27-9(6)13)26-3-7(19)20/h5-6,9,21H,2-4H2,1H3,(H,19,20)(H2,14,16,17)/t6-,9?,13?,28?/m1/s1. The molecule has 2 aliphatic heterocycles. The summed E-state index contributed by atoms with van der Waals surface area (Å²) in [5, 5.41) is 20.0. The number of carbonyl (C=O) groups is 1. The predicted molar refractivity (Wildman–Crippen MR) is 88.2 cm³/mol. The topological polar surface area (TPSA) is 190 Å². The molecule has 4 rings (SSSR count). The highest BCUT2D eigenvalue weighted by Gasteiger charge is 2.58. The maximum atomic E-state index is 12.6. The van der Waals surface area contributed by atoms with E-state index in [0.717, 1.165) is 0 Å². The van der Waals surface area contributed by atoms with Gasteiger partial charge in [-0.1, -0.05) is 0 Å². The van der Waals surface area contributed by atoms with Crippen LogP contribution in [0, 0.1) is 0 Å². The molecule has 4 atom stereocenters. The van der Waals surface area contributed by atoms with Gasteiger partial charge in [0.05, 0.1) is 26.7 Å². The number of phosphoric acid groups is 1. The Bertz CT molecular complexity index is 983. The molecule has 2 aliphatic rings. The second kappa shape index (κ2) is 6.62. The number of nitrogen functional groups attached to an aromatic ring is 1.